The average Bonchev–Trinajstić information content (AvgIpc) is 3.00. The van der Waals surface area contributed by atoms with Crippen LogP contribution in [-0.2, 0) is 4.79 Å². The molecule has 42 heavy (non-hydrogen) atoms. The summed E-state index contributed by atoms with van der Waals surface area (Å²) in [7, 11) is 1.60. The Morgan fingerprint density at radius 2 is 1.48 bits per heavy atom. The predicted molar refractivity (Wildman–Crippen MR) is 169 cm³/mol. The van der Waals surface area contributed by atoms with Crippen molar-refractivity contribution >= 4 is 28.4 Å². The lowest BCUT2D eigenvalue weighted by molar-refractivity contribution is -0.134. The highest BCUT2D eigenvalue weighted by Crippen LogP contribution is 2.32. The molecule has 1 heterocycles. The lowest BCUT2D eigenvalue weighted by atomic mass is 9.89. The van der Waals surface area contributed by atoms with E-state index in [-0.39, 0.29) is 17.4 Å². The summed E-state index contributed by atoms with van der Waals surface area (Å²) in [6.45, 7) is 6.57. The molecule has 0 aliphatic heterocycles. The summed E-state index contributed by atoms with van der Waals surface area (Å²) in [5.41, 5.74) is 2.69. The van der Waals surface area contributed by atoms with E-state index >= 15 is 0 Å². The summed E-state index contributed by atoms with van der Waals surface area (Å²) in [6.07, 6.45) is 0. The van der Waals surface area contributed by atoms with Gasteiger partial charge in [0.25, 0.3) is 5.56 Å². The molecule has 6 nitrogen and oxygen atoms in total. The fourth-order valence-corrected chi connectivity index (χ4v) is 5.51. The quantitative estimate of drug-likeness (QED) is 0.182. The number of hydrogen-bond donors (Lipinski definition) is 0. The van der Waals surface area contributed by atoms with Gasteiger partial charge in [-0.05, 0) is 66.4 Å². The number of hydrogen-bond acceptors (Lipinski definition) is 4. The third kappa shape index (κ3) is 5.95. The molecule has 0 aliphatic rings. The van der Waals surface area contributed by atoms with E-state index in [1.165, 1.54) is 0 Å². The van der Waals surface area contributed by atoms with Crippen molar-refractivity contribution in [3.8, 4) is 11.4 Å². The van der Waals surface area contributed by atoms with Crippen molar-refractivity contribution in [3.05, 3.63) is 135 Å². The third-order valence-corrected chi connectivity index (χ3v) is 7.62. The van der Waals surface area contributed by atoms with Crippen molar-refractivity contribution in [3.63, 3.8) is 0 Å². The maximum atomic E-state index is 14.7. The second kappa shape index (κ2) is 12.6. The number of rotatable bonds is 9. The molecule has 0 aliphatic carbocycles. The smallest absolute Gasteiger partial charge is 0.266 e. The fourth-order valence-electron chi connectivity index (χ4n) is 5.34. The van der Waals surface area contributed by atoms with Crippen LogP contribution in [-0.4, -0.2) is 34.0 Å². The molecular weight excluding hydrogens is 546 g/mol. The van der Waals surface area contributed by atoms with Crippen molar-refractivity contribution in [1.82, 2.24) is 14.5 Å². The Labute approximate surface area is 251 Å². The van der Waals surface area contributed by atoms with E-state index in [4.69, 9.17) is 21.3 Å². The minimum absolute atomic E-state index is 0.0599. The van der Waals surface area contributed by atoms with Gasteiger partial charge in [-0.25, -0.2) is 4.98 Å². The van der Waals surface area contributed by atoms with E-state index in [9.17, 15) is 9.59 Å². The minimum Gasteiger partial charge on any atom is -0.497 e. The molecule has 0 saturated heterocycles. The molecule has 4 aromatic carbocycles. The standard InChI is InChI=1S/C35H34ClN3O3/c1-23(2)22-38(35(41)32(25-11-7-5-8-12-25)26-13-9-6-10-14-26)24(3)33-37-31-21-27(36)15-20-30(31)34(40)39(33)28-16-18-29(42-4)19-17-28/h5-21,23-24,32H,22H2,1-4H3. The SMILES string of the molecule is COc1ccc(-n2c(C(C)N(CC(C)C)C(=O)C(c3ccccc3)c3ccccc3)nc3cc(Cl)ccc3c2=O)cc1. The number of halogens is 1. The second-order valence-corrected chi connectivity index (χ2v) is 11.2. The monoisotopic (exact) mass is 579 g/mol. The van der Waals surface area contributed by atoms with Crippen LogP contribution in [0.3, 0.4) is 0 Å². The number of fused-ring (bicyclic) bond motifs is 1. The molecule has 1 unspecified atom stereocenters. The van der Waals surface area contributed by atoms with Gasteiger partial charge in [0.15, 0.2) is 0 Å². The summed E-state index contributed by atoms with van der Waals surface area (Å²) in [4.78, 5) is 35.6. The van der Waals surface area contributed by atoms with Crippen molar-refractivity contribution < 1.29 is 9.53 Å². The van der Waals surface area contributed by atoms with E-state index in [2.05, 4.69) is 13.8 Å². The summed E-state index contributed by atoms with van der Waals surface area (Å²) in [5.74, 6) is 0.709. The van der Waals surface area contributed by atoms with Gasteiger partial charge >= 0.3 is 0 Å². The van der Waals surface area contributed by atoms with Gasteiger partial charge in [0.1, 0.15) is 11.6 Å². The van der Waals surface area contributed by atoms with Crippen molar-refractivity contribution in [2.45, 2.75) is 32.7 Å². The minimum atomic E-state index is -0.548. The van der Waals surface area contributed by atoms with Crippen LogP contribution in [0.4, 0.5) is 0 Å². The number of carbonyl (C=O) groups is 1. The first-order chi connectivity index (χ1) is 20.3. The zero-order valence-electron chi connectivity index (χ0n) is 24.2. The molecule has 7 heteroatoms. The Bertz CT molecular complexity index is 1700. The van der Waals surface area contributed by atoms with Gasteiger partial charge in [-0.1, -0.05) is 86.1 Å². The topological polar surface area (TPSA) is 64.4 Å². The molecule has 0 N–H and O–H groups in total. The number of ether oxygens (including phenoxy) is 1. The van der Waals surface area contributed by atoms with Crippen LogP contribution in [0.2, 0.25) is 5.02 Å². The number of carbonyl (C=O) groups excluding carboxylic acids is 1. The molecule has 0 bridgehead atoms. The van der Waals surface area contributed by atoms with E-state index in [0.29, 0.717) is 39.7 Å². The van der Waals surface area contributed by atoms with E-state index in [1.54, 1.807) is 42.0 Å². The number of benzene rings is 4. The van der Waals surface area contributed by atoms with Crippen LogP contribution in [0.25, 0.3) is 16.6 Å². The van der Waals surface area contributed by atoms with E-state index < -0.39 is 12.0 Å². The fraction of sp³-hybridized carbons (Fsp3) is 0.229. The lowest BCUT2D eigenvalue weighted by Gasteiger charge is -2.35. The zero-order chi connectivity index (χ0) is 29.8. The molecule has 0 radical (unpaired) electrons. The molecule has 5 aromatic rings. The highest BCUT2D eigenvalue weighted by molar-refractivity contribution is 6.31. The molecule has 1 atom stereocenters. The largest absolute Gasteiger partial charge is 0.497 e. The Kier molecular flexibility index (Phi) is 8.74. The Hall–Kier alpha value is -4.42. The van der Waals surface area contributed by atoms with Gasteiger partial charge in [-0.15, -0.1) is 0 Å². The predicted octanol–water partition coefficient (Wildman–Crippen LogP) is 7.43. The van der Waals surface area contributed by atoms with Gasteiger partial charge in [0, 0.05) is 11.6 Å². The lowest BCUT2D eigenvalue weighted by Crippen LogP contribution is -2.42. The van der Waals surface area contributed by atoms with Gasteiger partial charge in [-0.3, -0.25) is 14.2 Å². The van der Waals surface area contributed by atoms with E-state index in [1.807, 2.05) is 84.6 Å². The van der Waals surface area contributed by atoms with Crippen LogP contribution in [0.5, 0.6) is 5.75 Å². The van der Waals surface area contributed by atoms with E-state index in [0.717, 1.165) is 11.1 Å². The second-order valence-electron chi connectivity index (χ2n) is 10.8. The normalized spacial score (nSPS) is 12.1. The first-order valence-corrected chi connectivity index (χ1v) is 14.4. The van der Waals surface area contributed by atoms with Crippen molar-refractivity contribution in [2.24, 2.45) is 5.92 Å². The van der Waals surface area contributed by atoms with Crippen LogP contribution < -0.4 is 10.3 Å². The highest BCUT2D eigenvalue weighted by Gasteiger charge is 2.33. The number of aromatic nitrogens is 2. The molecule has 0 saturated carbocycles. The van der Waals surface area contributed by atoms with Crippen LogP contribution in [0, 0.1) is 5.92 Å². The number of nitrogens with zero attached hydrogens (tertiary/aromatic N) is 3. The molecule has 0 spiro atoms. The molecule has 5 rings (SSSR count). The van der Waals surface area contributed by atoms with Gasteiger partial charge < -0.3 is 9.64 Å². The summed E-state index contributed by atoms with van der Waals surface area (Å²) in [5, 5.41) is 0.929. The molecule has 0 fully saturated rings. The molecule has 1 aromatic heterocycles. The maximum Gasteiger partial charge on any atom is 0.266 e. The summed E-state index contributed by atoms with van der Waals surface area (Å²) in [6, 6.07) is 31.4. The zero-order valence-corrected chi connectivity index (χ0v) is 25.0. The third-order valence-electron chi connectivity index (χ3n) is 7.39. The first-order valence-electron chi connectivity index (χ1n) is 14.1. The van der Waals surface area contributed by atoms with Gasteiger partial charge in [0.05, 0.1) is 35.7 Å². The first kappa shape index (κ1) is 29.1. The Morgan fingerprint density at radius 3 is 2.02 bits per heavy atom. The Balaban J connectivity index is 1.70. The summed E-state index contributed by atoms with van der Waals surface area (Å²) < 4.78 is 6.95. The number of amides is 1. The van der Waals surface area contributed by atoms with Gasteiger partial charge in [-0.2, -0.15) is 0 Å². The van der Waals surface area contributed by atoms with Crippen molar-refractivity contribution in [2.75, 3.05) is 13.7 Å². The molecular formula is C35H34ClN3O3. The van der Waals surface area contributed by atoms with Crippen LogP contribution in [0.15, 0.2) is 108 Å². The Morgan fingerprint density at radius 1 is 0.881 bits per heavy atom. The van der Waals surface area contributed by atoms with Crippen molar-refractivity contribution in [1.29, 1.82) is 0 Å². The van der Waals surface area contributed by atoms with Crippen LogP contribution in [0.1, 0.15) is 49.7 Å². The summed E-state index contributed by atoms with van der Waals surface area (Å²) >= 11 is 6.32. The average molecular weight is 580 g/mol. The maximum absolute atomic E-state index is 14.7. The highest BCUT2D eigenvalue weighted by atomic mass is 35.5. The molecule has 214 valence electrons. The molecule has 1 amide bonds. The van der Waals surface area contributed by atoms with Crippen LogP contribution >= 0.6 is 11.6 Å². The van der Waals surface area contributed by atoms with Gasteiger partial charge in [0.2, 0.25) is 5.91 Å². The number of methoxy groups -OCH3 is 1.